The summed E-state index contributed by atoms with van der Waals surface area (Å²) in [4.78, 5) is 18.5. The van der Waals surface area contributed by atoms with Gasteiger partial charge in [-0.3, -0.25) is 9.78 Å². The molecule has 1 atom stereocenters. The fourth-order valence-electron chi connectivity index (χ4n) is 4.35. The maximum absolute atomic E-state index is 14.9. The Morgan fingerprint density at radius 3 is 2.63 bits per heavy atom. The third-order valence-electron chi connectivity index (χ3n) is 6.34. The number of rotatable bonds is 7. The Kier molecular flexibility index (Phi) is 8.06. The van der Waals surface area contributed by atoms with Gasteiger partial charge in [0.2, 0.25) is 0 Å². The highest BCUT2D eigenvalue weighted by Gasteiger charge is 2.23. The number of aromatic nitrogens is 1. The molecule has 0 radical (unpaired) electrons. The molecule has 1 aliphatic heterocycles. The number of anilines is 3. The summed E-state index contributed by atoms with van der Waals surface area (Å²) in [5.41, 5.74) is 12.3. The van der Waals surface area contributed by atoms with Crippen LogP contribution in [-0.4, -0.2) is 29.9 Å². The molecule has 0 bridgehead atoms. The number of nitrogens with zero attached hydrogens (tertiary/aromatic N) is 3. The number of hydrogen-bond acceptors (Lipinski definition) is 8. The molecule has 0 unspecified atom stereocenters. The standard InChI is InChI=1S/C28H22Cl3FN8O/c1-40(2)28(41)15-5-3-4-14(8-15)26(22-13-35-39-38-22)36-17-9-18-25(16(11-33)12-34-27(18)20(30)10-17)37-21-7-6-19(29)23(31)24(21)32/h3-10,12-13,26,35-36,38-39H,1-2H3,(H,34,37)/t26-/m0/s1. The monoisotopic (exact) mass is 610 g/mol. The Balaban J connectivity index is 1.60. The highest BCUT2D eigenvalue weighted by molar-refractivity contribution is 6.42. The second-order valence-corrected chi connectivity index (χ2v) is 10.4. The van der Waals surface area contributed by atoms with E-state index in [0.29, 0.717) is 27.2 Å². The van der Waals surface area contributed by atoms with E-state index in [2.05, 4.69) is 38.1 Å². The molecule has 1 amide bonds. The molecule has 9 nitrogen and oxygen atoms in total. The summed E-state index contributed by atoms with van der Waals surface area (Å²) in [6.07, 6.45) is 3.11. The van der Waals surface area contributed by atoms with Crippen LogP contribution < -0.4 is 27.0 Å². The number of carbonyl (C=O) groups excluding carboxylic acids is 1. The Morgan fingerprint density at radius 2 is 1.93 bits per heavy atom. The summed E-state index contributed by atoms with van der Waals surface area (Å²) in [5.74, 6) is -0.899. The van der Waals surface area contributed by atoms with Crippen molar-refractivity contribution >= 4 is 68.7 Å². The molecular formula is C28H22Cl3FN8O. The summed E-state index contributed by atoms with van der Waals surface area (Å²) >= 11 is 18.6. The van der Waals surface area contributed by atoms with Gasteiger partial charge < -0.3 is 26.4 Å². The van der Waals surface area contributed by atoms with Crippen molar-refractivity contribution in [2.24, 2.45) is 0 Å². The smallest absolute Gasteiger partial charge is 0.253 e. The number of carbonyl (C=O) groups is 1. The molecule has 1 aliphatic rings. The van der Waals surface area contributed by atoms with Gasteiger partial charge in [0.25, 0.3) is 5.91 Å². The molecule has 0 aliphatic carbocycles. The van der Waals surface area contributed by atoms with Crippen LogP contribution in [0.15, 0.2) is 66.6 Å². The first-order chi connectivity index (χ1) is 19.7. The Morgan fingerprint density at radius 1 is 1.12 bits per heavy atom. The van der Waals surface area contributed by atoms with Crippen molar-refractivity contribution in [2.45, 2.75) is 6.04 Å². The number of benzene rings is 3. The number of hydrogen-bond donors (Lipinski definition) is 5. The zero-order valence-electron chi connectivity index (χ0n) is 21.6. The van der Waals surface area contributed by atoms with Crippen LogP contribution in [0.1, 0.15) is 27.5 Å². The predicted molar refractivity (Wildman–Crippen MR) is 159 cm³/mol. The van der Waals surface area contributed by atoms with E-state index >= 15 is 0 Å². The van der Waals surface area contributed by atoms with E-state index in [9.17, 15) is 14.4 Å². The Bertz CT molecular complexity index is 1760. The van der Waals surface area contributed by atoms with E-state index in [0.717, 1.165) is 11.3 Å². The number of amides is 1. The Hall–Kier alpha value is -4.27. The van der Waals surface area contributed by atoms with Crippen LogP contribution in [0.5, 0.6) is 0 Å². The fourth-order valence-corrected chi connectivity index (χ4v) is 4.93. The third kappa shape index (κ3) is 5.66. The molecule has 13 heteroatoms. The zero-order valence-corrected chi connectivity index (χ0v) is 23.9. The number of halogens is 4. The lowest BCUT2D eigenvalue weighted by Crippen LogP contribution is -2.34. The predicted octanol–water partition coefficient (Wildman–Crippen LogP) is 6.26. The van der Waals surface area contributed by atoms with Crippen LogP contribution in [0.3, 0.4) is 0 Å². The van der Waals surface area contributed by atoms with E-state index < -0.39 is 11.9 Å². The topological polar surface area (TPSA) is 117 Å². The number of hydrazine groups is 2. The summed E-state index contributed by atoms with van der Waals surface area (Å²) in [7, 11) is 3.38. The lowest BCUT2D eigenvalue weighted by atomic mass is 10.00. The molecule has 5 N–H and O–H groups in total. The van der Waals surface area contributed by atoms with Gasteiger partial charge in [0.05, 0.1) is 49.3 Å². The lowest BCUT2D eigenvalue weighted by molar-refractivity contribution is 0.0827. The molecular weight excluding hydrogens is 590 g/mol. The molecule has 4 aromatic rings. The number of pyridine rings is 1. The first kappa shape index (κ1) is 28.3. The average molecular weight is 612 g/mol. The van der Waals surface area contributed by atoms with Crippen molar-refractivity contribution < 1.29 is 9.18 Å². The van der Waals surface area contributed by atoms with Crippen LogP contribution >= 0.6 is 34.8 Å². The summed E-state index contributed by atoms with van der Waals surface area (Å²) in [6, 6.07) is 15.2. The fraction of sp³-hybridized carbons (Fsp3) is 0.107. The molecule has 41 heavy (non-hydrogen) atoms. The van der Waals surface area contributed by atoms with Crippen molar-refractivity contribution in [1.29, 1.82) is 5.26 Å². The zero-order chi connectivity index (χ0) is 29.3. The van der Waals surface area contributed by atoms with Crippen LogP contribution in [0.2, 0.25) is 15.1 Å². The minimum Gasteiger partial charge on any atom is -0.373 e. The van der Waals surface area contributed by atoms with Gasteiger partial charge in [0.15, 0.2) is 5.82 Å². The molecule has 0 saturated carbocycles. The maximum Gasteiger partial charge on any atom is 0.253 e. The minimum atomic E-state index is -0.764. The molecule has 5 rings (SSSR count). The molecule has 0 fully saturated rings. The normalized spacial score (nSPS) is 13.0. The molecule has 1 aromatic heterocycles. The molecule has 0 saturated heterocycles. The van der Waals surface area contributed by atoms with Crippen molar-refractivity contribution in [3.05, 3.63) is 104 Å². The molecule has 3 aromatic carbocycles. The van der Waals surface area contributed by atoms with Crippen LogP contribution in [0, 0.1) is 17.1 Å². The van der Waals surface area contributed by atoms with E-state index in [4.69, 9.17) is 34.8 Å². The second-order valence-electron chi connectivity index (χ2n) is 9.26. The van der Waals surface area contributed by atoms with Crippen LogP contribution in [0.4, 0.5) is 21.5 Å². The number of nitrogens with one attached hydrogen (secondary N) is 5. The van der Waals surface area contributed by atoms with Crippen molar-refractivity contribution in [3.63, 3.8) is 0 Å². The first-order valence-electron chi connectivity index (χ1n) is 12.2. The highest BCUT2D eigenvalue weighted by atomic mass is 35.5. The third-order valence-corrected chi connectivity index (χ3v) is 7.41. The quantitative estimate of drug-likeness (QED) is 0.156. The van der Waals surface area contributed by atoms with Gasteiger partial charge in [-0.05, 0) is 42.0 Å². The summed E-state index contributed by atoms with van der Waals surface area (Å²) < 4.78 is 14.9. The van der Waals surface area contributed by atoms with Crippen LogP contribution in [-0.2, 0) is 0 Å². The van der Waals surface area contributed by atoms with E-state index in [-0.39, 0.29) is 32.9 Å². The van der Waals surface area contributed by atoms with Gasteiger partial charge in [-0.1, -0.05) is 46.9 Å². The van der Waals surface area contributed by atoms with Gasteiger partial charge in [-0.15, -0.1) is 0 Å². The number of nitriles is 1. The Labute approximate surface area is 249 Å². The average Bonchev–Trinajstić information content (AvgIpc) is 3.50. The van der Waals surface area contributed by atoms with Gasteiger partial charge in [-0.25, -0.2) is 4.39 Å². The maximum atomic E-state index is 14.9. The highest BCUT2D eigenvalue weighted by Crippen LogP contribution is 2.38. The molecule has 2 heterocycles. The van der Waals surface area contributed by atoms with Gasteiger partial charge in [0, 0.05) is 43.1 Å². The lowest BCUT2D eigenvalue weighted by Gasteiger charge is -2.23. The molecule has 208 valence electrons. The summed E-state index contributed by atoms with van der Waals surface area (Å²) in [5, 5.41) is 16.8. The summed E-state index contributed by atoms with van der Waals surface area (Å²) in [6.45, 7) is 0. The molecule has 0 spiro atoms. The van der Waals surface area contributed by atoms with E-state index in [1.807, 2.05) is 6.07 Å². The van der Waals surface area contributed by atoms with Crippen LogP contribution in [0.25, 0.3) is 10.9 Å². The SMILES string of the molecule is CN(C)C(=O)c1cccc([C@H](Nc2cc(Cl)c3ncc(C#N)c(Nc4ccc(Cl)c(Cl)c4F)c3c2)C2=CNNN2)c1. The van der Waals surface area contributed by atoms with Crippen molar-refractivity contribution in [2.75, 3.05) is 24.7 Å². The van der Waals surface area contributed by atoms with Crippen molar-refractivity contribution in [3.8, 4) is 6.07 Å². The van der Waals surface area contributed by atoms with Gasteiger partial charge in [0.1, 0.15) is 6.07 Å². The first-order valence-corrected chi connectivity index (χ1v) is 13.3. The second kappa shape index (κ2) is 11.7. The van der Waals surface area contributed by atoms with E-state index in [1.54, 1.807) is 50.6 Å². The number of fused-ring (bicyclic) bond motifs is 1. The van der Waals surface area contributed by atoms with Gasteiger partial charge in [-0.2, -0.15) is 10.8 Å². The van der Waals surface area contributed by atoms with Crippen molar-refractivity contribution in [1.82, 2.24) is 26.3 Å². The minimum absolute atomic E-state index is 0.0237. The van der Waals surface area contributed by atoms with Gasteiger partial charge >= 0.3 is 0 Å². The van der Waals surface area contributed by atoms with E-state index in [1.165, 1.54) is 23.2 Å². The largest absolute Gasteiger partial charge is 0.373 e.